The van der Waals surface area contributed by atoms with Gasteiger partial charge in [-0.15, -0.1) is 12.3 Å². The van der Waals surface area contributed by atoms with Gasteiger partial charge in [-0.25, -0.2) is 0 Å². The minimum absolute atomic E-state index is 0.0537. The molecular formula is C40H62O2Si2. The number of fused-ring (bicyclic) bond motifs is 1. The lowest BCUT2D eigenvalue weighted by atomic mass is 9.55. The lowest BCUT2D eigenvalue weighted by Gasteiger charge is -2.56. The van der Waals surface area contributed by atoms with Crippen molar-refractivity contribution in [3.8, 4) is 12.3 Å². The maximum absolute atomic E-state index is 7.65. The van der Waals surface area contributed by atoms with Crippen LogP contribution < -0.4 is 10.4 Å². The zero-order chi connectivity index (χ0) is 32.4. The lowest BCUT2D eigenvalue weighted by Crippen LogP contribution is -2.67. The van der Waals surface area contributed by atoms with Crippen LogP contribution in [0.1, 0.15) is 95.4 Å². The molecular weight excluding hydrogens is 569 g/mol. The average molecular weight is 631 g/mol. The van der Waals surface area contributed by atoms with Gasteiger partial charge in [0, 0.05) is 18.6 Å². The monoisotopic (exact) mass is 630 g/mol. The highest BCUT2D eigenvalue weighted by Crippen LogP contribution is 2.54. The fraction of sp³-hybridized carbons (Fsp3) is 0.650. The highest BCUT2D eigenvalue weighted by atomic mass is 28.4. The Morgan fingerprint density at radius 2 is 1.30 bits per heavy atom. The van der Waals surface area contributed by atoms with E-state index in [0.29, 0.717) is 58.9 Å². The van der Waals surface area contributed by atoms with Crippen LogP contribution in [0.4, 0.5) is 0 Å². The summed E-state index contributed by atoms with van der Waals surface area (Å²) in [6.07, 6.45) is 10.3. The van der Waals surface area contributed by atoms with E-state index >= 15 is 0 Å². The maximum Gasteiger partial charge on any atom is 0.261 e. The van der Waals surface area contributed by atoms with E-state index in [-0.39, 0.29) is 11.0 Å². The van der Waals surface area contributed by atoms with Crippen molar-refractivity contribution < 1.29 is 8.85 Å². The first kappa shape index (κ1) is 35.2. The van der Waals surface area contributed by atoms with E-state index in [4.69, 9.17) is 15.3 Å². The predicted molar refractivity (Wildman–Crippen MR) is 194 cm³/mol. The smallest absolute Gasteiger partial charge is 0.261 e. The summed E-state index contributed by atoms with van der Waals surface area (Å²) in [5.41, 5.74) is 1.78. The van der Waals surface area contributed by atoms with Gasteiger partial charge in [0.05, 0.1) is 0 Å². The van der Waals surface area contributed by atoms with Crippen molar-refractivity contribution in [2.45, 2.75) is 123 Å². The van der Waals surface area contributed by atoms with E-state index < -0.39 is 16.6 Å². The van der Waals surface area contributed by atoms with Crippen molar-refractivity contribution >= 4 is 27.0 Å². The van der Waals surface area contributed by atoms with Crippen molar-refractivity contribution in [2.24, 2.45) is 35.5 Å². The Balaban J connectivity index is 1.77. The first-order valence-corrected chi connectivity index (χ1v) is 21.7. The molecule has 0 unspecified atom stereocenters. The molecule has 2 aromatic carbocycles. The SMILES string of the molecule is C#C[C@H]1[C@@H](CO[Si](c2ccccc2)(c2ccccc2)C(C)(C)C)[C@H]2[C@@H](C[C@@H]1C)[C@@H](O[Si](C(C)C)(C(C)C)C(C)C)CC[C@@H]2C. The molecule has 242 valence electrons. The van der Waals surface area contributed by atoms with Gasteiger partial charge in [0.1, 0.15) is 0 Å². The molecule has 0 aliphatic heterocycles. The lowest BCUT2D eigenvalue weighted by molar-refractivity contribution is -0.0767. The van der Waals surface area contributed by atoms with Crippen molar-refractivity contribution in [1.29, 1.82) is 0 Å². The van der Waals surface area contributed by atoms with E-state index in [0.717, 1.165) is 0 Å². The van der Waals surface area contributed by atoms with Crippen LogP contribution in [0.25, 0.3) is 0 Å². The van der Waals surface area contributed by atoms with Crippen molar-refractivity contribution in [1.82, 2.24) is 0 Å². The summed E-state index contributed by atoms with van der Waals surface area (Å²) in [5.74, 6) is 6.00. The normalized spacial score (nSPS) is 28.2. The molecule has 2 aliphatic rings. The summed E-state index contributed by atoms with van der Waals surface area (Å²) < 4.78 is 15.3. The number of benzene rings is 2. The summed E-state index contributed by atoms with van der Waals surface area (Å²) in [7, 11) is -4.68. The minimum Gasteiger partial charge on any atom is -0.413 e. The second-order valence-corrected chi connectivity index (χ2v) is 26.0. The summed E-state index contributed by atoms with van der Waals surface area (Å²) in [5, 5.41) is 2.63. The summed E-state index contributed by atoms with van der Waals surface area (Å²) in [6.45, 7) is 27.3. The van der Waals surface area contributed by atoms with Gasteiger partial charge in [0.15, 0.2) is 0 Å². The molecule has 0 aromatic heterocycles. The molecule has 2 aliphatic carbocycles. The van der Waals surface area contributed by atoms with Crippen LogP contribution in [0.3, 0.4) is 0 Å². The molecule has 0 bridgehead atoms. The Bertz CT molecular complexity index is 1160. The fourth-order valence-corrected chi connectivity index (χ4v) is 20.3. The van der Waals surface area contributed by atoms with Gasteiger partial charge in [-0.3, -0.25) is 0 Å². The fourth-order valence-electron chi connectivity index (χ4n) is 10.1. The standard InChI is InChI=1S/C40H62O2Si2/c1-13-35-32(9)26-36-38(42-43(28(2)3,29(4)5)30(6)7)25-24-31(8)39(36)37(35)27-41-44(40(10,11)12,33-20-16-14-17-21-33)34-22-18-15-19-23-34/h1,14-23,28-32,35-39H,24-27H2,2-12H3/t31-,32-,35+,36-,37+,38-,39+/m0/s1. The van der Waals surface area contributed by atoms with Crippen LogP contribution >= 0.6 is 0 Å². The van der Waals surface area contributed by atoms with Crippen LogP contribution in [0.5, 0.6) is 0 Å². The van der Waals surface area contributed by atoms with Crippen LogP contribution in [0, 0.1) is 47.9 Å². The number of hydrogen-bond donors (Lipinski definition) is 0. The molecule has 0 N–H and O–H groups in total. The zero-order valence-corrected chi connectivity index (χ0v) is 31.8. The Labute approximate surface area is 273 Å². The molecule has 0 saturated heterocycles. The van der Waals surface area contributed by atoms with Gasteiger partial charge in [0.2, 0.25) is 8.32 Å². The van der Waals surface area contributed by atoms with Gasteiger partial charge in [-0.2, -0.15) is 0 Å². The average Bonchev–Trinajstić information content (AvgIpc) is 2.96. The Kier molecular flexibility index (Phi) is 11.2. The quantitative estimate of drug-likeness (QED) is 0.192. The van der Waals surface area contributed by atoms with Gasteiger partial charge >= 0.3 is 0 Å². The summed E-state index contributed by atoms with van der Waals surface area (Å²) in [4.78, 5) is 0. The van der Waals surface area contributed by atoms with Crippen LogP contribution in [0.15, 0.2) is 60.7 Å². The molecule has 0 spiro atoms. The predicted octanol–water partition coefficient (Wildman–Crippen LogP) is 9.69. The topological polar surface area (TPSA) is 18.5 Å². The van der Waals surface area contributed by atoms with E-state index in [1.807, 2.05) is 0 Å². The zero-order valence-electron chi connectivity index (χ0n) is 29.8. The van der Waals surface area contributed by atoms with Gasteiger partial charge in [-0.1, -0.05) is 137 Å². The van der Waals surface area contributed by atoms with Crippen LogP contribution in [-0.4, -0.2) is 29.3 Å². The molecule has 44 heavy (non-hydrogen) atoms. The van der Waals surface area contributed by atoms with E-state index in [1.54, 1.807) is 0 Å². The Hall–Kier alpha value is -1.65. The highest BCUT2D eigenvalue weighted by Gasteiger charge is 2.56. The van der Waals surface area contributed by atoms with E-state index in [2.05, 4.69) is 143 Å². The molecule has 2 fully saturated rings. The van der Waals surface area contributed by atoms with Crippen molar-refractivity contribution in [3.05, 3.63) is 60.7 Å². The third-order valence-electron chi connectivity index (χ3n) is 11.9. The Morgan fingerprint density at radius 3 is 1.73 bits per heavy atom. The highest BCUT2D eigenvalue weighted by molar-refractivity contribution is 6.99. The Morgan fingerprint density at radius 1 is 0.795 bits per heavy atom. The second kappa shape index (κ2) is 14.0. The first-order valence-electron chi connectivity index (χ1n) is 17.6. The van der Waals surface area contributed by atoms with E-state index in [9.17, 15) is 0 Å². The van der Waals surface area contributed by atoms with E-state index in [1.165, 1.54) is 29.6 Å². The van der Waals surface area contributed by atoms with Gasteiger partial charge in [0.25, 0.3) is 8.32 Å². The van der Waals surface area contributed by atoms with Crippen LogP contribution in [-0.2, 0) is 8.85 Å². The molecule has 4 heteroatoms. The molecule has 2 aromatic rings. The number of hydrogen-bond acceptors (Lipinski definition) is 2. The van der Waals surface area contributed by atoms with Crippen LogP contribution in [0.2, 0.25) is 21.7 Å². The number of rotatable bonds is 10. The van der Waals surface area contributed by atoms with Gasteiger partial charge < -0.3 is 8.85 Å². The molecule has 0 heterocycles. The maximum atomic E-state index is 7.65. The first-order chi connectivity index (χ1) is 20.7. The minimum atomic E-state index is -2.67. The molecule has 0 amide bonds. The largest absolute Gasteiger partial charge is 0.413 e. The molecule has 7 atom stereocenters. The van der Waals surface area contributed by atoms with Gasteiger partial charge in [-0.05, 0) is 80.9 Å². The summed E-state index contributed by atoms with van der Waals surface area (Å²) >= 11 is 0. The van der Waals surface area contributed by atoms with Crippen molar-refractivity contribution in [2.75, 3.05) is 6.61 Å². The van der Waals surface area contributed by atoms with Crippen molar-refractivity contribution in [3.63, 3.8) is 0 Å². The number of terminal acetylenes is 1. The molecule has 4 rings (SSSR count). The third-order valence-corrected chi connectivity index (χ3v) is 23.0. The molecule has 2 nitrogen and oxygen atoms in total. The third kappa shape index (κ3) is 6.33. The summed E-state index contributed by atoms with van der Waals surface area (Å²) in [6, 6.07) is 22.2. The second-order valence-electron chi connectivity index (χ2n) is 16.3. The molecule has 2 saturated carbocycles. The molecule has 0 radical (unpaired) electrons.